The molecule has 3 rings (SSSR count). The summed E-state index contributed by atoms with van der Waals surface area (Å²) < 4.78 is 63.8. The molecule has 9 nitrogen and oxygen atoms in total. The van der Waals surface area contributed by atoms with E-state index in [2.05, 4.69) is 15.4 Å². The molecule has 1 aromatic heterocycles. The minimum absolute atomic E-state index is 0.0214. The number of amides is 2. The Bertz CT molecular complexity index is 1120. The van der Waals surface area contributed by atoms with Crippen molar-refractivity contribution in [3.63, 3.8) is 0 Å². The minimum Gasteiger partial charge on any atom is -0.483 e. The van der Waals surface area contributed by atoms with Crippen molar-refractivity contribution in [1.29, 1.82) is 0 Å². The maximum atomic E-state index is 15.1. The highest BCUT2D eigenvalue weighted by atomic mass is 19.4. The van der Waals surface area contributed by atoms with Gasteiger partial charge in [0.05, 0.1) is 35.8 Å². The molecule has 1 aliphatic heterocycles. The van der Waals surface area contributed by atoms with Crippen molar-refractivity contribution in [3.8, 4) is 5.75 Å². The van der Waals surface area contributed by atoms with Crippen LogP contribution in [0.3, 0.4) is 0 Å². The lowest BCUT2D eigenvalue weighted by Crippen LogP contribution is -2.42. The molecule has 188 valence electrons. The van der Waals surface area contributed by atoms with Gasteiger partial charge in [0.2, 0.25) is 6.41 Å². The smallest absolute Gasteiger partial charge is 0.422 e. The van der Waals surface area contributed by atoms with Gasteiger partial charge < -0.3 is 14.8 Å². The molecule has 2 aromatic rings. The van der Waals surface area contributed by atoms with Crippen LogP contribution in [0.25, 0.3) is 0 Å². The number of pyridine rings is 1. The van der Waals surface area contributed by atoms with E-state index < -0.39 is 35.8 Å². The molecule has 1 fully saturated rings. The van der Waals surface area contributed by atoms with Gasteiger partial charge >= 0.3 is 6.18 Å². The molecule has 1 aliphatic rings. The second-order valence-electron chi connectivity index (χ2n) is 7.64. The number of nitrogens with zero attached hydrogens (tertiary/aromatic N) is 4. The normalized spacial score (nSPS) is 15.2. The first-order valence-electron chi connectivity index (χ1n) is 10.4. The van der Waals surface area contributed by atoms with Gasteiger partial charge in [0, 0.05) is 19.3 Å². The minimum atomic E-state index is -4.70. The number of carbonyl (C=O) groups is 2. The van der Waals surface area contributed by atoms with Crippen LogP contribution >= 0.6 is 0 Å². The fourth-order valence-corrected chi connectivity index (χ4v) is 3.28. The lowest BCUT2D eigenvalue weighted by molar-refractivity contribution is -0.153. The van der Waals surface area contributed by atoms with Gasteiger partial charge in [0.25, 0.3) is 5.91 Å². The molecule has 0 spiro atoms. The Morgan fingerprint density at radius 2 is 2.11 bits per heavy atom. The van der Waals surface area contributed by atoms with Gasteiger partial charge in [-0.25, -0.2) is 4.39 Å². The van der Waals surface area contributed by atoms with E-state index in [4.69, 9.17) is 9.47 Å². The second kappa shape index (κ2) is 10.7. The van der Waals surface area contributed by atoms with Crippen molar-refractivity contribution in [1.82, 2.24) is 9.88 Å². The standard InChI is InChI=1S/C22H23F4N5O4/c1-13-4-5-27-14(2)20(13)28-21(33)15-8-16(23)17(9-18(15)35-11-22(24,25)26)30(3)29-19-10-34-7-6-31(19)12-32/h4-5,8-9,12H,6-7,10-11H2,1-3H3,(H,28,33)/b29-19-. The predicted octanol–water partition coefficient (Wildman–Crippen LogP) is 3.27. The second-order valence-corrected chi connectivity index (χ2v) is 7.64. The van der Waals surface area contributed by atoms with Crippen molar-refractivity contribution in [2.24, 2.45) is 5.10 Å². The monoisotopic (exact) mass is 497 g/mol. The lowest BCUT2D eigenvalue weighted by Gasteiger charge is -2.26. The molecule has 0 unspecified atom stereocenters. The highest BCUT2D eigenvalue weighted by molar-refractivity contribution is 6.07. The van der Waals surface area contributed by atoms with Crippen LogP contribution in [0.5, 0.6) is 5.75 Å². The van der Waals surface area contributed by atoms with Crippen molar-refractivity contribution >= 4 is 29.5 Å². The quantitative estimate of drug-likeness (QED) is 0.359. The number of anilines is 2. The zero-order valence-electron chi connectivity index (χ0n) is 19.1. The number of nitrogens with one attached hydrogen (secondary N) is 1. The van der Waals surface area contributed by atoms with Crippen molar-refractivity contribution in [3.05, 3.63) is 47.0 Å². The first kappa shape index (κ1) is 25.9. The Balaban J connectivity index is 1.99. The Kier molecular flexibility index (Phi) is 7.89. The van der Waals surface area contributed by atoms with Crippen molar-refractivity contribution < 1.29 is 36.6 Å². The molecule has 0 aliphatic carbocycles. The average Bonchev–Trinajstić information content (AvgIpc) is 2.80. The summed E-state index contributed by atoms with van der Waals surface area (Å²) in [6.45, 7) is 2.16. The van der Waals surface area contributed by atoms with Gasteiger partial charge in [0.1, 0.15) is 18.2 Å². The number of rotatable bonds is 7. The summed E-state index contributed by atoms with van der Waals surface area (Å²) in [5.41, 5.74) is 0.744. The molecule has 0 bridgehead atoms. The van der Waals surface area contributed by atoms with E-state index in [0.29, 0.717) is 30.0 Å². The lowest BCUT2D eigenvalue weighted by atomic mass is 10.1. The van der Waals surface area contributed by atoms with Gasteiger partial charge in [-0.3, -0.25) is 24.5 Å². The fourth-order valence-electron chi connectivity index (χ4n) is 3.28. The highest BCUT2D eigenvalue weighted by Gasteiger charge is 2.30. The van der Waals surface area contributed by atoms with E-state index in [1.165, 1.54) is 18.1 Å². The number of amidine groups is 1. The summed E-state index contributed by atoms with van der Waals surface area (Å²) in [5.74, 6) is -2.16. The number of alkyl halides is 3. The Labute approximate surface area is 198 Å². The number of carbonyl (C=O) groups excluding carboxylic acids is 2. The Hall–Kier alpha value is -3.74. The number of ether oxygens (including phenoxy) is 2. The zero-order chi connectivity index (χ0) is 25.8. The van der Waals surface area contributed by atoms with Gasteiger partial charge in [-0.05, 0) is 31.5 Å². The van der Waals surface area contributed by atoms with E-state index in [9.17, 15) is 22.8 Å². The molecule has 1 aromatic carbocycles. The van der Waals surface area contributed by atoms with Crippen LogP contribution in [0.4, 0.5) is 28.9 Å². The van der Waals surface area contributed by atoms with Gasteiger partial charge in [0.15, 0.2) is 12.4 Å². The number of hydrogen-bond donors (Lipinski definition) is 1. The maximum absolute atomic E-state index is 15.1. The van der Waals surface area contributed by atoms with Crippen LogP contribution < -0.4 is 15.1 Å². The van der Waals surface area contributed by atoms with Crippen LogP contribution in [0, 0.1) is 19.7 Å². The number of hydrazone groups is 1. The Morgan fingerprint density at radius 1 is 1.37 bits per heavy atom. The largest absolute Gasteiger partial charge is 0.483 e. The molecule has 1 saturated heterocycles. The third-order valence-corrected chi connectivity index (χ3v) is 5.05. The molecule has 2 amide bonds. The number of benzene rings is 1. The summed E-state index contributed by atoms with van der Waals surface area (Å²) in [4.78, 5) is 29.5. The first-order valence-corrected chi connectivity index (χ1v) is 10.4. The van der Waals surface area contributed by atoms with Gasteiger partial charge in [-0.15, -0.1) is 0 Å². The molecule has 35 heavy (non-hydrogen) atoms. The summed E-state index contributed by atoms with van der Waals surface area (Å²) >= 11 is 0. The number of hydrogen-bond acceptors (Lipinski definition) is 7. The van der Waals surface area contributed by atoms with Crippen LogP contribution in [-0.2, 0) is 9.53 Å². The molecule has 1 N–H and O–H groups in total. The molecule has 2 heterocycles. The van der Waals surface area contributed by atoms with Crippen LogP contribution in [0.15, 0.2) is 29.5 Å². The van der Waals surface area contributed by atoms with E-state index in [1.54, 1.807) is 19.9 Å². The number of aromatic nitrogens is 1. The van der Waals surface area contributed by atoms with Crippen molar-refractivity contribution in [2.45, 2.75) is 20.0 Å². The van der Waals surface area contributed by atoms with E-state index in [1.807, 2.05) is 0 Å². The highest BCUT2D eigenvalue weighted by Crippen LogP contribution is 2.32. The Morgan fingerprint density at radius 3 is 2.77 bits per heavy atom. The van der Waals surface area contributed by atoms with Crippen LogP contribution in [-0.4, -0.2) is 67.6 Å². The molecule has 0 atom stereocenters. The van der Waals surface area contributed by atoms with Gasteiger partial charge in [-0.1, -0.05) is 0 Å². The maximum Gasteiger partial charge on any atom is 0.422 e. The van der Waals surface area contributed by atoms with Crippen LogP contribution in [0.1, 0.15) is 21.6 Å². The zero-order valence-corrected chi connectivity index (χ0v) is 19.1. The summed E-state index contributed by atoms with van der Waals surface area (Å²) in [7, 11) is 1.33. The molecular weight excluding hydrogens is 474 g/mol. The fraction of sp³-hybridized carbons (Fsp3) is 0.364. The SMILES string of the molecule is Cc1ccnc(C)c1NC(=O)c1cc(F)c(N(C)/N=C2/COCCN2C=O)cc1OCC(F)(F)F. The summed E-state index contributed by atoms with van der Waals surface area (Å²) in [5, 5.41) is 7.70. The molecule has 0 saturated carbocycles. The number of halogens is 4. The number of aryl methyl sites for hydroxylation is 2. The molecular formula is C22H23F4N5O4. The third-order valence-electron chi connectivity index (χ3n) is 5.05. The first-order chi connectivity index (χ1) is 16.5. The predicted molar refractivity (Wildman–Crippen MR) is 119 cm³/mol. The molecule has 0 radical (unpaired) electrons. The topological polar surface area (TPSA) is 96.4 Å². The average molecular weight is 497 g/mol. The molecule has 13 heteroatoms. The van der Waals surface area contributed by atoms with Crippen molar-refractivity contribution in [2.75, 3.05) is 43.7 Å². The number of morpholine rings is 1. The van der Waals surface area contributed by atoms with Gasteiger partial charge in [-0.2, -0.15) is 18.3 Å². The van der Waals surface area contributed by atoms with E-state index in [0.717, 1.165) is 17.1 Å². The summed E-state index contributed by atoms with van der Waals surface area (Å²) in [6.07, 6.45) is -2.62. The summed E-state index contributed by atoms with van der Waals surface area (Å²) in [6, 6.07) is 3.35. The van der Waals surface area contributed by atoms with E-state index in [-0.39, 0.29) is 24.7 Å². The van der Waals surface area contributed by atoms with Crippen LogP contribution in [0.2, 0.25) is 0 Å². The third kappa shape index (κ3) is 6.44. The van der Waals surface area contributed by atoms with E-state index >= 15 is 4.39 Å².